The molecule has 0 aliphatic heterocycles. The third kappa shape index (κ3) is 3.34. The Hall–Kier alpha value is -1.47. The topological polar surface area (TPSA) is 37.8 Å². The van der Waals surface area contributed by atoms with Crippen molar-refractivity contribution in [1.82, 2.24) is 9.97 Å². The van der Waals surface area contributed by atoms with E-state index in [9.17, 15) is 13.2 Å². The van der Waals surface area contributed by atoms with Gasteiger partial charge in [0, 0.05) is 11.1 Å². The summed E-state index contributed by atoms with van der Waals surface area (Å²) in [5.41, 5.74) is -0.432. The van der Waals surface area contributed by atoms with Gasteiger partial charge in [-0.05, 0) is 30.0 Å². The number of para-hydroxylation sites is 1. The first-order chi connectivity index (χ1) is 9.41. The minimum absolute atomic E-state index is 0.248. The van der Waals surface area contributed by atoms with Crippen LogP contribution in [0.1, 0.15) is 5.56 Å². The predicted octanol–water partition coefficient (Wildman–Crippen LogP) is 4.61. The van der Waals surface area contributed by atoms with Gasteiger partial charge in [0.2, 0.25) is 5.28 Å². The van der Waals surface area contributed by atoms with E-state index >= 15 is 0 Å². The van der Waals surface area contributed by atoms with E-state index in [-0.39, 0.29) is 11.1 Å². The minimum atomic E-state index is -4.55. The van der Waals surface area contributed by atoms with Crippen molar-refractivity contribution in [2.75, 3.05) is 11.6 Å². The minimum Gasteiger partial charge on any atom is -0.339 e. The van der Waals surface area contributed by atoms with Gasteiger partial charge in [-0.3, -0.25) is 0 Å². The second-order valence-electron chi connectivity index (χ2n) is 3.72. The monoisotopic (exact) mass is 319 g/mol. The summed E-state index contributed by atoms with van der Waals surface area (Å²) in [5, 5.41) is 2.42. The number of anilines is 2. The van der Waals surface area contributed by atoms with Gasteiger partial charge in [0.05, 0.1) is 5.69 Å². The van der Waals surface area contributed by atoms with Crippen LogP contribution in [0.4, 0.5) is 24.7 Å². The fourth-order valence-electron chi connectivity index (χ4n) is 1.54. The molecule has 0 saturated carbocycles. The lowest BCUT2D eigenvalue weighted by Crippen LogP contribution is -2.11. The first-order valence-electron chi connectivity index (χ1n) is 5.41. The summed E-state index contributed by atoms with van der Waals surface area (Å²) >= 11 is 6.98. The summed E-state index contributed by atoms with van der Waals surface area (Å²) in [7, 11) is 0. The zero-order chi connectivity index (χ0) is 14.8. The van der Waals surface area contributed by atoms with Crippen molar-refractivity contribution < 1.29 is 13.2 Å². The quantitative estimate of drug-likeness (QED) is 0.662. The van der Waals surface area contributed by atoms with Crippen LogP contribution in [0.15, 0.2) is 35.4 Å². The average Bonchev–Trinajstić information content (AvgIpc) is 2.38. The molecule has 1 aromatic heterocycles. The lowest BCUT2D eigenvalue weighted by Gasteiger charge is -2.14. The van der Waals surface area contributed by atoms with E-state index in [0.29, 0.717) is 11.9 Å². The molecule has 0 atom stereocenters. The first-order valence-corrected chi connectivity index (χ1v) is 7.02. The number of nitrogens with one attached hydrogen (secondary N) is 1. The predicted molar refractivity (Wildman–Crippen MR) is 73.5 cm³/mol. The van der Waals surface area contributed by atoms with E-state index in [1.165, 1.54) is 11.8 Å². The van der Waals surface area contributed by atoms with Crippen LogP contribution in [0, 0.1) is 0 Å². The maximum absolute atomic E-state index is 12.9. The zero-order valence-electron chi connectivity index (χ0n) is 10.2. The standard InChI is InChI=1S/C12H9ClF3N3S/c1-20-9-5-3-2-4-8(9)18-10-7(12(14,15)16)6-17-11(13)19-10/h2-6H,1H3,(H,17,18,19). The molecule has 0 fully saturated rings. The Kier molecular flexibility index (Phi) is 4.39. The number of aromatic nitrogens is 2. The zero-order valence-corrected chi connectivity index (χ0v) is 11.8. The fourth-order valence-corrected chi connectivity index (χ4v) is 2.23. The Morgan fingerprint density at radius 3 is 2.60 bits per heavy atom. The highest BCUT2D eigenvalue weighted by atomic mass is 35.5. The van der Waals surface area contributed by atoms with Crippen LogP contribution in [0.3, 0.4) is 0 Å². The van der Waals surface area contributed by atoms with Gasteiger partial charge in [-0.1, -0.05) is 12.1 Å². The van der Waals surface area contributed by atoms with E-state index in [1.54, 1.807) is 24.3 Å². The van der Waals surface area contributed by atoms with Crippen molar-refractivity contribution in [3.05, 3.63) is 41.3 Å². The van der Waals surface area contributed by atoms with Gasteiger partial charge in [-0.15, -0.1) is 11.8 Å². The molecule has 0 aliphatic carbocycles. The molecule has 106 valence electrons. The first kappa shape index (κ1) is 14.9. The van der Waals surface area contributed by atoms with E-state index in [0.717, 1.165) is 4.90 Å². The molecular weight excluding hydrogens is 311 g/mol. The van der Waals surface area contributed by atoms with Crippen LogP contribution in [-0.4, -0.2) is 16.2 Å². The van der Waals surface area contributed by atoms with Gasteiger partial charge in [0.15, 0.2) is 0 Å². The maximum Gasteiger partial charge on any atom is 0.421 e. The summed E-state index contributed by atoms with van der Waals surface area (Å²) in [6, 6.07) is 6.98. The molecule has 0 bridgehead atoms. The molecule has 0 amide bonds. The molecule has 8 heteroatoms. The van der Waals surface area contributed by atoms with Crippen LogP contribution < -0.4 is 5.32 Å². The number of benzene rings is 1. The lowest BCUT2D eigenvalue weighted by molar-refractivity contribution is -0.137. The summed E-state index contributed by atoms with van der Waals surface area (Å²) in [6.07, 6.45) is -2.06. The molecule has 1 heterocycles. The molecule has 0 aliphatic rings. The molecule has 20 heavy (non-hydrogen) atoms. The Labute approximate surface area is 122 Å². The Balaban J connectivity index is 2.45. The normalized spacial score (nSPS) is 11.4. The van der Waals surface area contributed by atoms with E-state index < -0.39 is 11.7 Å². The smallest absolute Gasteiger partial charge is 0.339 e. The fraction of sp³-hybridized carbons (Fsp3) is 0.167. The third-order valence-electron chi connectivity index (χ3n) is 2.42. The van der Waals surface area contributed by atoms with Crippen LogP contribution in [0.2, 0.25) is 5.28 Å². The van der Waals surface area contributed by atoms with Crippen molar-refractivity contribution in [2.24, 2.45) is 0 Å². The molecule has 1 aromatic carbocycles. The number of nitrogens with zero attached hydrogens (tertiary/aromatic N) is 2. The van der Waals surface area contributed by atoms with Gasteiger partial charge in [0.25, 0.3) is 0 Å². The lowest BCUT2D eigenvalue weighted by atomic mass is 10.2. The Morgan fingerprint density at radius 1 is 1.25 bits per heavy atom. The van der Waals surface area contributed by atoms with E-state index in [2.05, 4.69) is 15.3 Å². The Bertz CT molecular complexity index is 619. The molecule has 2 aromatic rings. The molecular formula is C12H9ClF3N3S. The second-order valence-corrected chi connectivity index (χ2v) is 4.91. The van der Waals surface area contributed by atoms with Gasteiger partial charge in [0.1, 0.15) is 11.4 Å². The SMILES string of the molecule is CSc1ccccc1Nc1nc(Cl)ncc1C(F)(F)F. The molecule has 1 N–H and O–H groups in total. The van der Waals surface area contributed by atoms with E-state index in [4.69, 9.17) is 11.6 Å². The van der Waals surface area contributed by atoms with Gasteiger partial charge in [-0.25, -0.2) is 4.98 Å². The summed E-state index contributed by atoms with van der Waals surface area (Å²) in [6.45, 7) is 0. The largest absolute Gasteiger partial charge is 0.421 e. The molecule has 0 unspecified atom stereocenters. The number of hydrogen-bond donors (Lipinski definition) is 1. The number of halogens is 4. The molecule has 0 spiro atoms. The van der Waals surface area contributed by atoms with E-state index in [1.807, 2.05) is 6.26 Å². The van der Waals surface area contributed by atoms with Gasteiger partial charge in [-0.2, -0.15) is 18.2 Å². The van der Waals surface area contributed by atoms with Crippen molar-refractivity contribution in [3.63, 3.8) is 0 Å². The van der Waals surface area contributed by atoms with Gasteiger partial charge < -0.3 is 5.32 Å². The number of rotatable bonds is 3. The number of thioether (sulfide) groups is 1. The number of hydrogen-bond acceptors (Lipinski definition) is 4. The van der Waals surface area contributed by atoms with Crippen molar-refractivity contribution >= 4 is 34.9 Å². The molecule has 2 rings (SSSR count). The molecule has 3 nitrogen and oxygen atoms in total. The van der Waals surface area contributed by atoms with Crippen LogP contribution in [0.25, 0.3) is 0 Å². The van der Waals surface area contributed by atoms with Crippen LogP contribution in [0.5, 0.6) is 0 Å². The summed E-state index contributed by atoms with van der Waals surface area (Å²) in [5.74, 6) is -0.362. The molecule has 0 radical (unpaired) electrons. The van der Waals surface area contributed by atoms with Gasteiger partial charge >= 0.3 is 6.18 Å². The van der Waals surface area contributed by atoms with Crippen LogP contribution >= 0.6 is 23.4 Å². The number of alkyl halides is 3. The third-order valence-corrected chi connectivity index (χ3v) is 3.40. The van der Waals surface area contributed by atoms with Crippen LogP contribution in [-0.2, 0) is 6.18 Å². The van der Waals surface area contributed by atoms with Crippen molar-refractivity contribution in [3.8, 4) is 0 Å². The Morgan fingerprint density at radius 2 is 1.95 bits per heavy atom. The molecule has 0 saturated heterocycles. The highest BCUT2D eigenvalue weighted by Crippen LogP contribution is 2.36. The second kappa shape index (κ2) is 5.88. The maximum atomic E-state index is 12.9. The average molecular weight is 320 g/mol. The highest BCUT2D eigenvalue weighted by molar-refractivity contribution is 7.98. The summed E-state index contributed by atoms with van der Waals surface area (Å²) < 4.78 is 38.7. The summed E-state index contributed by atoms with van der Waals surface area (Å²) in [4.78, 5) is 7.81. The van der Waals surface area contributed by atoms with Crippen molar-refractivity contribution in [1.29, 1.82) is 0 Å². The van der Waals surface area contributed by atoms with Crippen molar-refractivity contribution in [2.45, 2.75) is 11.1 Å². The highest BCUT2D eigenvalue weighted by Gasteiger charge is 2.35.